The van der Waals surface area contributed by atoms with Gasteiger partial charge in [-0.25, -0.2) is 0 Å². The van der Waals surface area contributed by atoms with Crippen LogP contribution in [0.2, 0.25) is 0 Å². The van der Waals surface area contributed by atoms with E-state index in [0.717, 1.165) is 36.5 Å². The van der Waals surface area contributed by atoms with E-state index in [4.69, 9.17) is 0 Å². The Kier molecular flexibility index (Phi) is 7.06. The van der Waals surface area contributed by atoms with Crippen LogP contribution in [0.25, 0.3) is 11.1 Å². The zero-order valence-corrected chi connectivity index (χ0v) is 18.1. The molecule has 0 heterocycles. The van der Waals surface area contributed by atoms with Crippen molar-refractivity contribution in [1.29, 1.82) is 0 Å². The second-order valence-corrected chi connectivity index (χ2v) is 9.71. The molecule has 0 saturated heterocycles. The summed E-state index contributed by atoms with van der Waals surface area (Å²) in [6, 6.07) is 18.2. The van der Waals surface area contributed by atoms with Crippen LogP contribution < -0.4 is 0 Å². The predicted molar refractivity (Wildman–Crippen MR) is 122 cm³/mol. The van der Waals surface area contributed by atoms with Crippen molar-refractivity contribution in [1.82, 2.24) is 0 Å². The summed E-state index contributed by atoms with van der Waals surface area (Å²) in [5, 5.41) is 0. The first-order chi connectivity index (χ1) is 14.2. The molecular weight excluding hydrogens is 355 g/mol. The first-order valence-electron chi connectivity index (χ1n) is 12.0. The molecule has 4 rings (SSSR count). The lowest BCUT2D eigenvalue weighted by Crippen LogP contribution is -2.25. The van der Waals surface area contributed by atoms with Gasteiger partial charge in [0.2, 0.25) is 0 Å². The van der Waals surface area contributed by atoms with Gasteiger partial charge in [-0.1, -0.05) is 66.9 Å². The SMILES string of the molecule is Cc1ccc(-c2ccc(C3CCC([C@H]4CC[C@H](CCCF)CC4)CC3)cc2)cc1. The Morgan fingerprint density at radius 3 is 1.76 bits per heavy atom. The summed E-state index contributed by atoms with van der Waals surface area (Å²) >= 11 is 0. The number of hydrogen-bond donors (Lipinski definition) is 0. The third kappa shape index (κ3) is 5.30. The normalized spacial score (nSPS) is 27.7. The molecule has 2 aliphatic carbocycles. The minimum atomic E-state index is -0.129. The molecule has 0 atom stereocenters. The third-order valence-electron chi connectivity index (χ3n) is 7.84. The summed E-state index contributed by atoms with van der Waals surface area (Å²) in [6.07, 6.45) is 12.9. The first kappa shape index (κ1) is 20.6. The van der Waals surface area contributed by atoms with E-state index in [1.807, 2.05) is 0 Å². The number of alkyl halides is 1. The maximum atomic E-state index is 12.4. The van der Waals surface area contributed by atoms with E-state index in [0.29, 0.717) is 0 Å². The summed E-state index contributed by atoms with van der Waals surface area (Å²) in [4.78, 5) is 0. The highest BCUT2D eigenvalue weighted by Crippen LogP contribution is 2.44. The Labute approximate surface area is 176 Å². The van der Waals surface area contributed by atoms with E-state index in [-0.39, 0.29) is 6.67 Å². The highest BCUT2D eigenvalue weighted by Gasteiger charge is 2.31. The van der Waals surface area contributed by atoms with Gasteiger partial charge >= 0.3 is 0 Å². The molecular formula is C28H37F. The quantitative estimate of drug-likeness (QED) is 0.462. The standard InChI is InChI=1S/C28H37F/c1-21-4-8-23(9-5-21)25-12-16-27(17-13-25)28-18-14-26(15-19-28)24-10-6-22(7-11-24)3-2-20-29/h4-5,8-9,12-13,16-17,22,24,26,28H,2-3,6-7,10-11,14-15,18-20H2,1H3/t22-,24-,26?,28?. The number of hydrogen-bond acceptors (Lipinski definition) is 0. The predicted octanol–water partition coefficient (Wildman–Crippen LogP) is 8.49. The summed E-state index contributed by atoms with van der Waals surface area (Å²) in [7, 11) is 0. The fourth-order valence-electron chi connectivity index (χ4n) is 5.93. The molecule has 1 heteroatoms. The van der Waals surface area contributed by atoms with Crippen LogP contribution in [0.1, 0.15) is 81.3 Å². The smallest absolute Gasteiger partial charge is 0.0894 e. The maximum absolute atomic E-state index is 12.4. The molecule has 2 aromatic carbocycles. The summed E-state index contributed by atoms with van der Waals surface area (Å²) in [5.74, 6) is 3.45. The minimum absolute atomic E-state index is 0.129. The van der Waals surface area contributed by atoms with Gasteiger partial charge in [0.05, 0.1) is 6.67 Å². The molecule has 0 N–H and O–H groups in total. The van der Waals surface area contributed by atoms with Gasteiger partial charge in [0.1, 0.15) is 0 Å². The number of halogens is 1. The highest BCUT2D eigenvalue weighted by molar-refractivity contribution is 5.64. The molecule has 0 bridgehead atoms. The van der Waals surface area contributed by atoms with Gasteiger partial charge in [0, 0.05) is 0 Å². The molecule has 0 aromatic heterocycles. The van der Waals surface area contributed by atoms with Crippen molar-refractivity contribution in [2.45, 2.75) is 77.0 Å². The highest BCUT2D eigenvalue weighted by atomic mass is 19.1. The molecule has 0 nitrogen and oxygen atoms in total. The molecule has 0 aliphatic heterocycles. The van der Waals surface area contributed by atoms with Crippen molar-refractivity contribution < 1.29 is 4.39 Å². The Balaban J connectivity index is 1.27. The summed E-state index contributed by atoms with van der Waals surface area (Å²) < 4.78 is 12.4. The van der Waals surface area contributed by atoms with Gasteiger partial charge in [-0.15, -0.1) is 0 Å². The van der Waals surface area contributed by atoms with Crippen LogP contribution in [0.15, 0.2) is 48.5 Å². The molecule has 2 fully saturated rings. The first-order valence-corrected chi connectivity index (χ1v) is 12.0. The van der Waals surface area contributed by atoms with E-state index < -0.39 is 0 Å². The van der Waals surface area contributed by atoms with Crippen LogP contribution in [0.5, 0.6) is 0 Å². The van der Waals surface area contributed by atoms with Crippen molar-refractivity contribution in [3.63, 3.8) is 0 Å². The van der Waals surface area contributed by atoms with Crippen molar-refractivity contribution >= 4 is 0 Å². The zero-order valence-electron chi connectivity index (χ0n) is 18.1. The van der Waals surface area contributed by atoms with Gasteiger partial charge in [0.15, 0.2) is 0 Å². The topological polar surface area (TPSA) is 0 Å². The Morgan fingerprint density at radius 2 is 1.21 bits per heavy atom. The fraction of sp³-hybridized carbons (Fsp3) is 0.571. The number of aryl methyl sites for hydroxylation is 1. The molecule has 2 aromatic rings. The van der Waals surface area contributed by atoms with E-state index in [1.165, 1.54) is 73.6 Å². The van der Waals surface area contributed by atoms with Gasteiger partial charge in [-0.05, 0) is 98.7 Å². The lowest BCUT2D eigenvalue weighted by Gasteiger charge is -2.38. The second-order valence-electron chi connectivity index (χ2n) is 9.71. The van der Waals surface area contributed by atoms with Gasteiger partial charge in [-0.3, -0.25) is 4.39 Å². The molecule has 0 amide bonds. The van der Waals surface area contributed by atoms with Crippen LogP contribution in [-0.4, -0.2) is 6.67 Å². The van der Waals surface area contributed by atoms with Crippen LogP contribution in [0.3, 0.4) is 0 Å². The zero-order chi connectivity index (χ0) is 20.1. The average molecular weight is 393 g/mol. The van der Waals surface area contributed by atoms with Crippen molar-refractivity contribution in [3.05, 3.63) is 59.7 Å². The van der Waals surface area contributed by atoms with Crippen molar-refractivity contribution in [2.24, 2.45) is 17.8 Å². The van der Waals surface area contributed by atoms with E-state index in [9.17, 15) is 4.39 Å². The molecule has 0 unspecified atom stereocenters. The van der Waals surface area contributed by atoms with Crippen LogP contribution in [0.4, 0.5) is 4.39 Å². The van der Waals surface area contributed by atoms with E-state index in [2.05, 4.69) is 55.5 Å². The van der Waals surface area contributed by atoms with Crippen molar-refractivity contribution in [3.8, 4) is 11.1 Å². The lowest BCUT2D eigenvalue weighted by atomic mass is 9.68. The number of benzene rings is 2. The molecule has 0 radical (unpaired) electrons. The van der Waals surface area contributed by atoms with Gasteiger partial charge < -0.3 is 0 Å². The summed E-state index contributed by atoms with van der Waals surface area (Å²) in [5.41, 5.74) is 5.49. The van der Waals surface area contributed by atoms with Crippen LogP contribution >= 0.6 is 0 Å². The van der Waals surface area contributed by atoms with Gasteiger partial charge in [-0.2, -0.15) is 0 Å². The average Bonchev–Trinajstić information content (AvgIpc) is 2.79. The van der Waals surface area contributed by atoms with E-state index in [1.54, 1.807) is 0 Å². The minimum Gasteiger partial charge on any atom is -0.251 e. The molecule has 2 saturated carbocycles. The lowest BCUT2D eigenvalue weighted by molar-refractivity contribution is 0.155. The fourth-order valence-corrected chi connectivity index (χ4v) is 5.93. The second kappa shape index (κ2) is 9.92. The largest absolute Gasteiger partial charge is 0.251 e. The van der Waals surface area contributed by atoms with Crippen LogP contribution in [-0.2, 0) is 0 Å². The molecule has 0 spiro atoms. The Morgan fingerprint density at radius 1 is 0.690 bits per heavy atom. The van der Waals surface area contributed by atoms with E-state index >= 15 is 0 Å². The van der Waals surface area contributed by atoms with Crippen LogP contribution in [0, 0.1) is 24.7 Å². The Bertz CT molecular complexity index is 729. The van der Waals surface area contributed by atoms with Gasteiger partial charge in [0.25, 0.3) is 0 Å². The molecule has 2 aliphatic rings. The molecule has 29 heavy (non-hydrogen) atoms. The summed E-state index contributed by atoms with van der Waals surface area (Å²) in [6.45, 7) is 2.01. The maximum Gasteiger partial charge on any atom is 0.0894 e. The molecule has 156 valence electrons. The third-order valence-corrected chi connectivity index (χ3v) is 7.84. The monoisotopic (exact) mass is 392 g/mol. The number of rotatable bonds is 6. The Hall–Kier alpha value is -1.63. The van der Waals surface area contributed by atoms with Crippen molar-refractivity contribution in [2.75, 3.05) is 6.67 Å².